The molecule has 104 valence electrons. The molecule has 21 heavy (non-hydrogen) atoms. The molecule has 0 aliphatic heterocycles. The Balaban J connectivity index is 1.63. The van der Waals surface area contributed by atoms with Crippen LogP contribution in [0.2, 0.25) is 0 Å². The van der Waals surface area contributed by atoms with Crippen molar-refractivity contribution in [3.05, 3.63) is 83.9 Å². The van der Waals surface area contributed by atoms with Gasteiger partial charge in [0, 0.05) is 0 Å². The van der Waals surface area contributed by atoms with Gasteiger partial charge in [-0.3, -0.25) is 0 Å². The Morgan fingerprint density at radius 2 is 1.00 bits per heavy atom. The number of allylic oxidation sites excluding steroid dienone is 4. The normalized spacial score (nSPS) is 24.2. The van der Waals surface area contributed by atoms with Crippen LogP contribution >= 0.6 is 0 Å². The standard InChI is InChI=1S/C21H20/c1-3-7-16(8-4-1)20-13-11-19-15-18(20)12-14-21(19)17-9-5-2-6-10-17/h1-10,13-14,18-19H,11-12,15H2/t18-,19-/m1/s1. The van der Waals surface area contributed by atoms with Gasteiger partial charge in [-0.05, 0) is 53.4 Å². The molecule has 2 atom stereocenters. The fourth-order valence-corrected chi connectivity index (χ4v) is 3.88. The van der Waals surface area contributed by atoms with Crippen LogP contribution in [0.1, 0.15) is 30.4 Å². The second-order valence-corrected chi connectivity index (χ2v) is 6.15. The fourth-order valence-electron chi connectivity index (χ4n) is 3.88. The molecule has 0 fully saturated rings. The highest BCUT2D eigenvalue weighted by molar-refractivity contribution is 5.75. The summed E-state index contributed by atoms with van der Waals surface area (Å²) < 4.78 is 0. The van der Waals surface area contributed by atoms with Crippen LogP contribution < -0.4 is 0 Å². The molecule has 0 saturated heterocycles. The highest BCUT2D eigenvalue weighted by Crippen LogP contribution is 2.46. The zero-order chi connectivity index (χ0) is 14.1. The first kappa shape index (κ1) is 12.6. The first-order chi connectivity index (χ1) is 10.4. The minimum Gasteiger partial charge on any atom is -0.0798 e. The van der Waals surface area contributed by atoms with Crippen LogP contribution in [0.15, 0.2) is 72.8 Å². The second kappa shape index (κ2) is 5.37. The summed E-state index contributed by atoms with van der Waals surface area (Å²) in [6.45, 7) is 0. The minimum absolute atomic E-state index is 0.707. The van der Waals surface area contributed by atoms with Gasteiger partial charge in [0.2, 0.25) is 0 Å². The summed E-state index contributed by atoms with van der Waals surface area (Å²) in [5, 5.41) is 0. The van der Waals surface area contributed by atoms with E-state index in [2.05, 4.69) is 72.8 Å². The molecule has 2 aromatic rings. The number of benzene rings is 2. The average Bonchev–Trinajstić information content (AvgIpc) is 2.57. The third-order valence-electron chi connectivity index (χ3n) is 4.91. The van der Waals surface area contributed by atoms with Crippen LogP contribution in [-0.4, -0.2) is 0 Å². The Labute approximate surface area is 126 Å². The molecule has 0 unspecified atom stereocenters. The average molecular weight is 272 g/mol. The van der Waals surface area contributed by atoms with E-state index in [4.69, 9.17) is 0 Å². The van der Waals surface area contributed by atoms with Gasteiger partial charge in [-0.15, -0.1) is 0 Å². The first-order valence-electron chi connectivity index (χ1n) is 7.93. The Morgan fingerprint density at radius 3 is 1.43 bits per heavy atom. The third kappa shape index (κ3) is 2.35. The largest absolute Gasteiger partial charge is 0.0798 e. The third-order valence-corrected chi connectivity index (χ3v) is 4.91. The van der Waals surface area contributed by atoms with E-state index in [0.717, 1.165) is 0 Å². The van der Waals surface area contributed by atoms with E-state index in [1.807, 2.05) is 0 Å². The van der Waals surface area contributed by atoms with E-state index in [1.54, 1.807) is 11.1 Å². The molecule has 0 N–H and O–H groups in total. The lowest BCUT2D eigenvalue weighted by Crippen LogP contribution is -2.20. The number of hydrogen-bond donors (Lipinski definition) is 0. The first-order valence-corrected chi connectivity index (χ1v) is 7.93. The molecule has 0 spiro atoms. The SMILES string of the molecule is C1=C(c2ccccc2)[C@@H]2CC=C(c3ccccc3)[C@H](C1)C2. The van der Waals surface area contributed by atoms with Gasteiger partial charge in [0.05, 0.1) is 0 Å². The summed E-state index contributed by atoms with van der Waals surface area (Å²) in [5.74, 6) is 1.41. The van der Waals surface area contributed by atoms with Crippen LogP contribution in [0.25, 0.3) is 11.1 Å². The topological polar surface area (TPSA) is 0 Å². The number of hydrogen-bond acceptors (Lipinski definition) is 0. The molecular weight excluding hydrogens is 252 g/mol. The van der Waals surface area contributed by atoms with Crippen molar-refractivity contribution >= 4 is 11.1 Å². The Kier molecular flexibility index (Phi) is 3.23. The molecule has 2 aliphatic carbocycles. The maximum absolute atomic E-state index is 2.49. The lowest BCUT2D eigenvalue weighted by molar-refractivity contribution is 0.469. The molecular formula is C21H20. The predicted molar refractivity (Wildman–Crippen MR) is 89.7 cm³/mol. The smallest absolute Gasteiger partial charge is 0.0118 e. The molecule has 0 saturated carbocycles. The monoisotopic (exact) mass is 272 g/mol. The maximum atomic E-state index is 2.49. The second-order valence-electron chi connectivity index (χ2n) is 6.15. The summed E-state index contributed by atoms with van der Waals surface area (Å²) in [6.07, 6.45) is 8.65. The van der Waals surface area contributed by atoms with Crippen molar-refractivity contribution in [2.24, 2.45) is 11.8 Å². The molecule has 2 bridgehead atoms. The zero-order valence-corrected chi connectivity index (χ0v) is 12.2. The summed E-state index contributed by atoms with van der Waals surface area (Å²) in [6, 6.07) is 21.8. The summed E-state index contributed by atoms with van der Waals surface area (Å²) >= 11 is 0. The molecule has 2 aliphatic rings. The van der Waals surface area contributed by atoms with E-state index in [1.165, 1.54) is 30.4 Å². The van der Waals surface area contributed by atoms with E-state index in [9.17, 15) is 0 Å². The van der Waals surface area contributed by atoms with Crippen LogP contribution in [0, 0.1) is 11.8 Å². The van der Waals surface area contributed by atoms with E-state index >= 15 is 0 Å². The van der Waals surface area contributed by atoms with Gasteiger partial charge in [-0.2, -0.15) is 0 Å². The van der Waals surface area contributed by atoms with Crippen molar-refractivity contribution in [1.82, 2.24) is 0 Å². The molecule has 0 nitrogen and oxygen atoms in total. The highest BCUT2D eigenvalue weighted by atomic mass is 14.3. The van der Waals surface area contributed by atoms with Gasteiger partial charge in [0.15, 0.2) is 0 Å². The van der Waals surface area contributed by atoms with Crippen molar-refractivity contribution < 1.29 is 0 Å². The lowest BCUT2D eigenvalue weighted by atomic mass is 9.69. The van der Waals surface area contributed by atoms with Gasteiger partial charge in [-0.25, -0.2) is 0 Å². The van der Waals surface area contributed by atoms with Gasteiger partial charge in [-0.1, -0.05) is 72.8 Å². The van der Waals surface area contributed by atoms with Crippen LogP contribution in [-0.2, 0) is 0 Å². The van der Waals surface area contributed by atoms with Gasteiger partial charge in [0.1, 0.15) is 0 Å². The molecule has 0 amide bonds. The van der Waals surface area contributed by atoms with Gasteiger partial charge >= 0.3 is 0 Å². The zero-order valence-electron chi connectivity index (χ0n) is 12.2. The summed E-state index contributed by atoms with van der Waals surface area (Å²) in [7, 11) is 0. The molecule has 0 radical (unpaired) electrons. The quantitative estimate of drug-likeness (QED) is 0.669. The Morgan fingerprint density at radius 1 is 0.571 bits per heavy atom. The Bertz CT molecular complexity index is 615. The molecule has 0 aromatic heterocycles. The predicted octanol–water partition coefficient (Wildman–Crippen LogP) is 5.58. The van der Waals surface area contributed by atoms with Crippen molar-refractivity contribution in [2.45, 2.75) is 19.3 Å². The van der Waals surface area contributed by atoms with Crippen molar-refractivity contribution in [3.63, 3.8) is 0 Å². The lowest BCUT2D eigenvalue weighted by Gasteiger charge is -2.35. The van der Waals surface area contributed by atoms with E-state index < -0.39 is 0 Å². The minimum atomic E-state index is 0.707. The molecule has 4 rings (SSSR count). The van der Waals surface area contributed by atoms with Gasteiger partial charge in [0.25, 0.3) is 0 Å². The number of fused-ring (bicyclic) bond motifs is 2. The molecule has 0 heterocycles. The fraction of sp³-hybridized carbons (Fsp3) is 0.238. The van der Waals surface area contributed by atoms with E-state index in [0.29, 0.717) is 11.8 Å². The Hall–Kier alpha value is -2.08. The van der Waals surface area contributed by atoms with Crippen molar-refractivity contribution in [2.75, 3.05) is 0 Å². The van der Waals surface area contributed by atoms with Crippen molar-refractivity contribution in [1.29, 1.82) is 0 Å². The van der Waals surface area contributed by atoms with Crippen molar-refractivity contribution in [3.8, 4) is 0 Å². The molecule has 2 aromatic carbocycles. The van der Waals surface area contributed by atoms with Crippen LogP contribution in [0.3, 0.4) is 0 Å². The highest BCUT2D eigenvalue weighted by Gasteiger charge is 2.30. The maximum Gasteiger partial charge on any atom is -0.0118 e. The summed E-state index contributed by atoms with van der Waals surface area (Å²) in [5.41, 5.74) is 5.96. The van der Waals surface area contributed by atoms with E-state index in [-0.39, 0.29) is 0 Å². The number of rotatable bonds is 2. The molecule has 0 heteroatoms. The van der Waals surface area contributed by atoms with Crippen LogP contribution in [0.4, 0.5) is 0 Å². The summed E-state index contributed by atoms with van der Waals surface area (Å²) in [4.78, 5) is 0. The van der Waals surface area contributed by atoms with Crippen LogP contribution in [0.5, 0.6) is 0 Å². The van der Waals surface area contributed by atoms with Gasteiger partial charge < -0.3 is 0 Å².